The molecule has 2 heterocycles. The first-order chi connectivity index (χ1) is 5.45. The molecule has 0 aromatic carbocycles. The molecule has 0 aliphatic heterocycles. The van der Waals surface area contributed by atoms with Crippen LogP contribution < -0.4 is 8.43 Å². The van der Waals surface area contributed by atoms with Crippen LogP contribution in [0.15, 0.2) is 40.3 Å². The molecule has 0 atom stereocenters. The molecule has 0 saturated carbocycles. The van der Waals surface area contributed by atoms with Gasteiger partial charge in [-0.25, -0.2) is 0 Å². The second kappa shape index (κ2) is 3.26. The SMILES string of the molecule is c1coc([Se]c2cccs2)c1. The van der Waals surface area contributed by atoms with Crippen LogP contribution in [-0.2, 0) is 0 Å². The molecule has 0 saturated heterocycles. The van der Waals surface area contributed by atoms with Crippen LogP contribution in [0, 0.1) is 0 Å². The van der Waals surface area contributed by atoms with Crippen LogP contribution in [0.25, 0.3) is 0 Å². The van der Waals surface area contributed by atoms with E-state index in [0.29, 0.717) is 15.0 Å². The van der Waals surface area contributed by atoms with Gasteiger partial charge >= 0.3 is 75.1 Å². The van der Waals surface area contributed by atoms with Crippen LogP contribution in [0.1, 0.15) is 0 Å². The zero-order chi connectivity index (χ0) is 7.52. The van der Waals surface area contributed by atoms with Gasteiger partial charge in [-0.1, -0.05) is 0 Å². The fourth-order valence-electron chi connectivity index (χ4n) is 0.742. The minimum atomic E-state index is 0.373. The summed E-state index contributed by atoms with van der Waals surface area (Å²) < 4.78 is 7.75. The molecule has 0 amide bonds. The molecule has 11 heavy (non-hydrogen) atoms. The van der Waals surface area contributed by atoms with E-state index in [4.69, 9.17) is 4.42 Å². The summed E-state index contributed by atoms with van der Waals surface area (Å²) in [6.45, 7) is 0. The Morgan fingerprint density at radius 2 is 2.27 bits per heavy atom. The van der Waals surface area contributed by atoms with Gasteiger partial charge in [0.2, 0.25) is 0 Å². The van der Waals surface area contributed by atoms with Crippen molar-refractivity contribution in [1.29, 1.82) is 0 Å². The van der Waals surface area contributed by atoms with E-state index >= 15 is 0 Å². The molecule has 2 aromatic rings. The van der Waals surface area contributed by atoms with Crippen molar-refractivity contribution in [2.45, 2.75) is 0 Å². The van der Waals surface area contributed by atoms with Crippen molar-refractivity contribution in [3.8, 4) is 0 Å². The summed E-state index contributed by atoms with van der Waals surface area (Å²) in [5.74, 6) is 0. The van der Waals surface area contributed by atoms with Gasteiger partial charge in [0, 0.05) is 0 Å². The topological polar surface area (TPSA) is 13.1 Å². The molecule has 0 N–H and O–H groups in total. The molecule has 0 unspecified atom stereocenters. The van der Waals surface area contributed by atoms with Crippen molar-refractivity contribution in [3.05, 3.63) is 35.9 Å². The second-order valence-corrected chi connectivity index (χ2v) is 5.69. The Morgan fingerprint density at radius 1 is 1.27 bits per heavy atom. The van der Waals surface area contributed by atoms with E-state index in [1.165, 1.54) is 3.78 Å². The van der Waals surface area contributed by atoms with Gasteiger partial charge in [-0.15, -0.1) is 0 Å². The van der Waals surface area contributed by atoms with Crippen molar-refractivity contribution < 1.29 is 4.42 Å². The summed E-state index contributed by atoms with van der Waals surface area (Å²) in [5, 5.41) is 2.10. The quantitative estimate of drug-likeness (QED) is 0.700. The van der Waals surface area contributed by atoms with E-state index in [-0.39, 0.29) is 0 Å². The number of hydrogen-bond donors (Lipinski definition) is 0. The normalized spacial score (nSPS) is 10.2. The maximum atomic E-state index is 5.24. The first-order valence-corrected chi connectivity index (χ1v) is 5.79. The third kappa shape index (κ3) is 1.74. The van der Waals surface area contributed by atoms with Gasteiger partial charge < -0.3 is 0 Å². The number of furan rings is 1. The van der Waals surface area contributed by atoms with Crippen LogP contribution in [0.3, 0.4) is 0 Å². The summed E-state index contributed by atoms with van der Waals surface area (Å²) in [6, 6.07) is 8.18. The molecule has 2 aromatic heterocycles. The summed E-state index contributed by atoms with van der Waals surface area (Å²) >= 11 is 2.16. The summed E-state index contributed by atoms with van der Waals surface area (Å²) in [7, 11) is 0. The third-order valence-electron chi connectivity index (χ3n) is 1.19. The van der Waals surface area contributed by atoms with Crippen molar-refractivity contribution in [2.75, 3.05) is 0 Å². The van der Waals surface area contributed by atoms with E-state index in [0.717, 1.165) is 4.66 Å². The van der Waals surface area contributed by atoms with E-state index in [9.17, 15) is 0 Å². The van der Waals surface area contributed by atoms with Crippen LogP contribution in [0.4, 0.5) is 0 Å². The van der Waals surface area contributed by atoms with Crippen LogP contribution in [-0.4, -0.2) is 15.0 Å². The monoisotopic (exact) mass is 230 g/mol. The molecule has 3 heteroatoms. The Bertz CT molecular complexity index is 266. The fraction of sp³-hybridized carbons (Fsp3) is 0. The van der Waals surface area contributed by atoms with Crippen molar-refractivity contribution in [2.24, 2.45) is 0 Å². The van der Waals surface area contributed by atoms with Gasteiger partial charge in [-0.05, 0) is 0 Å². The molecular formula is C8H6OSSe. The molecule has 1 nitrogen and oxygen atoms in total. The number of thiophene rings is 1. The van der Waals surface area contributed by atoms with Gasteiger partial charge in [0.05, 0.1) is 0 Å². The molecule has 2 rings (SSSR count). The van der Waals surface area contributed by atoms with E-state index in [2.05, 4.69) is 17.5 Å². The van der Waals surface area contributed by atoms with Gasteiger partial charge in [0.15, 0.2) is 0 Å². The Kier molecular flexibility index (Phi) is 2.13. The molecule has 0 aliphatic carbocycles. The molecule has 0 fully saturated rings. The average molecular weight is 229 g/mol. The van der Waals surface area contributed by atoms with E-state index < -0.39 is 0 Å². The van der Waals surface area contributed by atoms with Gasteiger partial charge in [-0.3, -0.25) is 0 Å². The number of hydrogen-bond acceptors (Lipinski definition) is 2. The first-order valence-electron chi connectivity index (χ1n) is 3.20. The van der Waals surface area contributed by atoms with Crippen LogP contribution >= 0.6 is 11.3 Å². The first kappa shape index (κ1) is 7.16. The van der Waals surface area contributed by atoms with Gasteiger partial charge in [0.1, 0.15) is 0 Å². The number of rotatable bonds is 2. The Balaban J connectivity index is 2.14. The molecule has 0 aliphatic rings. The van der Waals surface area contributed by atoms with E-state index in [1.807, 2.05) is 12.1 Å². The molecule has 56 valence electrons. The Morgan fingerprint density at radius 3 is 2.91 bits per heavy atom. The standard InChI is InChI=1S/C8H6OSSe/c1-3-7(9-5-1)11-8-4-2-6-10-8/h1-6H. The zero-order valence-electron chi connectivity index (χ0n) is 5.69. The third-order valence-corrected chi connectivity index (χ3v) is 4.51. The summed E-state index contributed by atoms with van der Waals surface area (Å²) in [5.41, 5.74) is 0. The van der Waals surface area contributed by atoms with E-state index in [1.54, 1.807) is 17.6 Å². The summed E-state index contributed by atoms with van der Waals surface area (Å²) in [6.07, 6.45) is 1.73. The molecule has 0 bridgehead atoms. The van der Waals surface area contributed by atoms with Crippen molar-refractivity contribution in [1.82, 2.24) is 0 Å². The maximum absolute atomic E-state index is 5.24. The van der Waals surface area contributed by atoms with Crippen molar-refractivity contribution >= 4 is 34.7 Å². The fourth-order valence-corrected chi connectivity index (χ4v) is 3.57. The summed E-state index contributed by atoms with van der Waals surface area (Å²) in [4.78, 5) is 0. The Hall–Kier alpha value is -0.501. The minimum absolute atomic E-state index is 0.373. The Labute approximate surface area is 75.2 Å². The molecule has 0 spiro atoms. The predicted octanol–water partition coefficient (Wildman–Crippen LogP) is 0.996. The van der Waals surface area contributed by atoms with Gasteiger partial charge in [-0.2, -0.15) is 0 Å². The molecular weight excluding hydrogens is 223 g/mol. The predicted molar refractivity (Wildman–Crippen MR) is 48.0 cm³/mol. The van der Waals surface area contributed by atoms with Crippen LogP contribution in [0.2, 0.25) is 0 Å². The van der Waals surface area contributed by atoms with Crippen LogP contribution in [0.5, 0.6) is 0 Å². The average Bonchev–Trinajstić information content (AvgIpc) is 2.60. The zero-order valence-corrected chi connectivity index (χ0v) is 8.22. The second-order valence-electron chi connectivity index (χ2n) is 1.97. The van der Waals surface area contributed by atoms with Gasteiger partial charge in [0.25, 0.3) is 0 Å². The van der Waals surface area contributed by atoms with Crippen molar-refractivity contribution in [3.63, 3.8) is 0 Å². The molecule has 0 radical (unpaired) electrons.